The summed E-state index contributed by atoms with van der Waals surface area (Å²) >= 11 is 0. The first kappa shape index (κ1) is 35.2. The van der Waals surface area contributed by atoms with E-state index < -0.39 is 47.6 Å². The summed E-state index contributed by atoms with van der Waals surface area (Å²) in [7, 11) is -3.23. The monoisotopic (exact) mass is 646 g/mol. The average molecular weight is 647 g/mol. The Kier molecular flexibility index (Phi) is 12.1. The molecule has 44 heavy (non-hydrogen) atoms. The molecule has 1 heterocycles. The molecule has 0 bridgehead atoms. The van der Waals surface area contributed by atoms with Crippen LogP contribution in [0.1, 0.15) is 53.1 Å². The maximum absolute atomic E-state index is 13.7. The fourth-order valence-electron chi connectivity index (χ4n) is 5.05. The molecule has 5 atom stereocenters. The van der Waals surface area contributed by atoms with Crippen molar-refractivity contribution < 1.29 is 27.9 Å². The number of hydrogen-bond donors (Lipinski definition) is 4. The van der Waals surface area contributed by atoms with Gasteiger partial charge in [0, 0.05) is 37.8 Å². The highest BCUT2D eigenvalue weighted by Gasteiger charge is 2.40. The van der Waals surface area contributed by atoms with Crippen molar-refractivity contribution in [2.75, 3.05) is 50.1 Å². The van der Waals surface area contributed by atoms with Gasteiger partial charge in [0.1, 0.15) is 18.3 Å². The van der Waals surface area contributed by atoms with E-state index in [9.17, 15) is 27.9 Å². The Hall–Kier alpha value is -3.31. The van der Waals surface area contributed by atoms with Crippen LogP contribution < -0.4 is 20.3 Å². The van der Waals surface area contributed by atoms with Gasteiger partial charge in [0.2, 0.25) is 15.9 Å². The Labute approximate surface area is 261 Å². The Morgan fingerprint density at radius 2 is 1.70 bits per heavy atom. The van der Waals surface area contributed by atoms with Crippen LogP contribution in [0.25, 0.3) is 0 Å². The summed E-state index contributed by atoms with van der Waals surface area (Å²) in [5.74, 6) is -1.09. The number of piperazine rings is 1. The summed E-state index contributed by atoms with van der Waals surface area (Å²) in [5.41, 5.74) is 1.12. The van der Waals surface area contributed by atoms with Gasteiger partial charge in [-0.3, -0.25) is 18.7 Å². The summed E-state index contributed by atoms with van der Waals surface area (Å²) in [4.78, 5) is 42.0. The Morgan fingerprint density at radius 3 is 2.25 bits per heavy atom. The molecule has 240 valence electrons. The van der Waals surface area contributed by atoms with Crippen LogP contribution in [0.5, 0.6) is 0 Å². The van der Waals surface area contributed by atoms with Gasteiger partial charge in [0.25, 0.3) is 11.8 Å². The van der Waals surface area contributed by atoms with Crippen molar-refractivity contribution in [2.24, 2.45) is 5.92 Å². The Balaban J connectivity index is 1.93. The van der Waals surface area contributed by atoms with Crippen LogP contribution in [0.2, 0.25) is 0 Å². The second kappa shape index (κ2) is 15.1. The highest BCUT2D eigenvalue weighted by molar-refractivity contribution is 7.92. The molecule has 11 nitrogen and oxygen atoms in total. The molecule has 0 aromatic heterocycles. The van der Waals surface area contributed by atoms with E-state index >= 15 is 0 Å². The lowest BCUT2D eigenvalue weighted by molar-refractivity contribution is -0.140. The van der Waals surface area contributed by atoms with Gasteiger partial charge in [-0.25, -0.2) is 8.42 Å². The molecule has 13 heteroatoms. The lowest BCUT2D eigenvalue weighted by atomic mass is 9.99. The third-order valence-corrected chi connectivity index (χ3v) is 9.66. The van der Waals surface area contributed by atoms with E-state index in [1.54, 1.807) is 4.90 Å². The van der Waals surface area contributed by atoms with Gasteiger partial charge < -0.3 is 26.0 Å². The Morgan fingerprint density at radius 1 is 1.11 bits per heavy atom. The van der Waals surface area contributed by atoms with Crippen molar-refractivity contribution in [1.82, 2.24) is 20.9 Å². The van der Waals surface area contributed by atoms with Crippen molar-refractivity contribution >= 4 is 47.3 Å². The summed E-state index contributed by atoms with van der Waals surface area (Å²) < 4.78 is 25.8. The number of hydrogen-bond acceptors (Lipinski definition) is 7. The largest absolute Gasteiger partial charge is 0.389 e. The SMILES string of the molecule is C=[P+](C)CC(NC(=O)c1cc(C(=O)NC(C)c2ccccc2)cc(N(C)S(C)(=O)=O)c1)C(O)C1NCCN(CC(C)C)C1=O. The molecule has 0 spiro atoms. The van der Waals surface area contributed by atoms with E-state index in [0.29, 0.717) is 25.8 Å². The van der Waals surface area contributed by atoms with Gasteiger partial charge in [-0.1, -0.05) is 44.2 Å². The van der Waals surface area contributed by atoms with Crippen LogP contribution in [-0.4, -0.2) is 106 Å². The zero-order valence-corrected chi connectivity index (χ0v) is 28.0. The summed E-state index contributed by atoms with van der Waals surface area (Å²) in [6.07, 6.45) is 4.19. The molecular weight excluding hydrogens is 601 g/mol. The van der Waals surface area contributed by atoms with Gasteiger partial charge in [0.15, 0.2) is 0 Å². The lowest BCUT2D eigenvalue weighted by Gasteiger charge is -2.38. The third kappa shape index (κ3) is 9.34. The Bertz CT molecular complexity index is 1470. The van der Waals surface area contributed by atoms with E-state index in [4.69, 9.17) is 0 Å². The number of rotatable bonds is 13. The van der Waals surface area contributed by atoms with Gasteiger partial charge in [-0.15, -0.1) is 0 Å². The van der Waals surface area contributed by atoms with Gasteiger partial charge in [-0.2, -0.15) is 0 Å². The maximum atomic E-state index is 13.7. The minimum Gasteiger partial charge on any atom is -0.389 e. The second-order valence-corrected chi connectivity index (χ2v) is 15.9. The standard InChI is InChI=1S/C31H44N5O6PS/c1-20(2)18-36-14-13-32-27(31(36)40)28(37)26(19-43(5)6)34-30(39)24-15-23(16-25(17-24)35(4)44(7,41)42)29(38)33-21(3)22-11-9-8-10-12-22/h8-12,15-17,20-21,26-28,32,37H,5,13-14,18-19H2,1-4,6-7H3,(H-,33,34,38,39)/p+1. The summed E-state index contributed by atoms with van der Waals surface area (Å²) in [6, 6.07) is 11.4. The summed E-state index contributed by atoms with van der Waals surface area (Å²) in [6.45, 7) is 9.36. The number of amides is 3. The molecule has 2 aromatic carbocycles. The van der Waals surface area contributed by atoms with Crippen LogP contribution in [-0.2, 0) is 14.8 Å². The molecule has 1 fully saturated rings. The number of nitrogens with zero attached hydrogens (tertiary/aromatic N) is 2. The fourth-order valence-corrected chi connectivity index (χ4v) is 6.52. The molecule has 5 unspecified atom stereocenters. The minimum absolute atomic E-state index is 0.0292. The van der Waals surface area contributed by atoms with E-state index in [1.807, 2.05) is 57.8 Å². The molecule has 1 aliphatic heterocycles. The number of anilines is 1. The van der Waals surface area contributed by atoms with Crippen molar-refractivity contribution in [3.63, 3.8) is 0 Å². The summed E-state index contributed by atoms with van der Waals surface area (Å²) in [5, 5.41) is 20.3. The van der Waals surface area contributed by atoms with Crippen molar-refractivity contribution in [1.29, 1.82) is 0 Å². The number of nitrogens with one attached hydrogen (secondary N) is 3. The number of carbonyl (C=O) groups is 3. The normalized spacial score (nSPS) is 17.9. The van der Waals surface area contributed by atoms with Gasteiger partial charge in [-0.05, 0) is 36.6 Å². The number of benzene rings is 2. The maximum Gasteiger partial charge on any atom is 0.251 e. The van der Waals surface area contributed by atoms with Crippen LogP contribution in [0.4, 0.5) is 5.69 Å². The first-order chi connectivity index (χ1) is 20.6. The fraction of sp³-hybridized carbons (Fsp3) is 0.484. The number of carbonyl (C=O) groups excluding carboxylic acids is 3. The molecule has 0 aliphatic carbocycles. The lowest BCUT2D eigenvalue weighted by Crippen LogP contribution is -2.64. The van der Waals surface area contributed by atoms with Crippen molar-refractivity contribution in [3.05, 3.63) is 65.2 Å². The first-order valence-corrected chi connectivity index (χ1v) is 18.6. The molecule has 4 N–H and O–H groups in total. The molecule has 3 rings (SSSR count). The molecule has 0 saturated carbocycles. The number of aliphatic hydroxyl groups is 1. The molecule has 0 radical (unpaired) electrons. The molecule has 1 saturated heterocycles. The van der Waals surface area contributed by atoms with Crippen LogP contribution in [0.3, 0.4) is 0 Å². The van der Waals surface area contributed by atoms with E-state index in [-0.39, 0.29) is 34.7 Å². The minimum atomic E-state index is -3.72. The molecule has 3 amide bonds. The van der Waals surface area contributed by atoms with E-state index in [0.717, 1.165) is 16.1 Å². The zero-order chi connectivity index (χ0) is 32.8. The van der Waals surface area contributed by atoms with Crippen molar-refractivity contribution in [3.8, 4) is 0 Å². The highest BCUT2D eigenvalue weighted by atomic mass is 32.2. The van der Waals surface area contributed by atoms with Crippen molar-refractivity contribution in [2.45, 2.75) is 45.0 Å². The molecule has 1 aliphatic rings. The van der Waals surface area contributed by atoms with E-state index in [1.165, 1.54) is 25.2 Å². The first-order valence-electron chi connectivity index (χ1n) is 14.6. The van der Waals surface area contributed by atoms with Crippen LogP contribution in [0, 0.1) is 5.92 Å². The zero-order valence-electron chi connectivity index (χ0n) is 26.3. The highest BCUT2D eigenvalue weighted by Crippen LogP contribution is 2.24. The van der Waals surface area contributed by atoms with Crippen LogP contribution in [0.15, 0.2) is 48.5 Å². The molecular formula is C31H45N5O6PS+. The van der Waals surface area contributed by atoms with Crippen LogP contribution >= 0.6 is 7.55 Å². The molecule has 2 aromatic rings. The number of sulfonamides is 1. The van der Waals surface area contributed by atoms with Gasteiger partial charge >= 0.3 is 0 Å². The predicted octanol–water partition coefficient (Wildman–Crippen LogP) is 2.03. The topological polar surface area (TPSA) is 148 Å². The number of aliphatic hydroxyl groups excluding tert-OH is 1. The average Bonchev–Trinajstić information content (AvgIpc) is 2.96. The quantitative estimate of drug-likeness (QED) is 0.244. The third-order valence-electron chi connectivity index (χ3n) is 7.44. The van der Waals surface area contributed by atoms with Gasteiger partial charge in [0.05, 0.1) is 44.5 Å². The predicted molar refractivity (Wildman–Crippen MR) is 177 cm³/mol. The van der Waals surface area contributed by atoms with E-state index in [2.05, 4.69) is 22.2 Å². The second-order valence-electron chi connectivity index (χ2n) is 11.8. The smallest absolute Gasteiger partial charge is 0.251 e.